The summed E-state index contributed by atoms with van der Waals surface area (Å²) < 4.78 is 0. The van der Waals surface area contributed by atoms with E-state index in [0.29, 0.717) is 0 Å². The summed E-state index contributed by atoms with van der Waals surface area (Å²) in [5.74, 6) is 0. The van der Waals surface area contributed by atoms with Gasteiger partial charge in [-0.05, 0) is 43.4 Å². The first-order valence-corrected chi connectivity index (χ1v) is 18.0. The fourth-order valence-corrected chi connectivity index (χ4v) is 8.34. The Morgan fingerprint density at radius 2 is 1.03 bits per heavy atom. The fourth-order valence-electron chi connectivity index (χ4n) is 5.01. The van der Waals surface area contributed by atoms with Crippen LogP contribution >= 0.6 is 0 Å². The highest BCUT2D eigenvalue weighted by molar-refractivity contribution is 6.94. The molecule has 0 heterocycles. The van der Waals surface area contributed by atoms with Gasteiger partial charge in [-0.1, -0.05) is 122 Å². The minimum atomic E-state index is -1.49. The molecule has 30 heavy (non-hydrogen) atoms. The van der Waals surface area contributed by atoms with Crippen molar-refractivity contribution in [2.24, 2.45) is 0 Å². The molecule has 0 saturated carbocycles. The highest BCUT2D eigenvalue weighted by atomic mass is 28.3. The van der Waals surface area contributed by atoms with Crippen molar-refractivity contribution in [2.45, 2.75) is 39.3 Å². The lowest BCUT2D eigenvalue weighted by Crippen LogP contribution is -2.45. The molecule has 0 unspecified atom stereocenters. The van der Waals surface area contributed by atoms with E-state index >= 15 is 0 Å². The van der Waals surface area contributed by atoms with Gasteiger partial charge in [0.05, 0.1) is 16.1 Å². The van der Waals surface area contributed by atoms with E-state index in [1.807, 2.05) is 0 Å². The van der Waals surface area contributed by atoms with Gasteiger partial charge < -0.3 is 0 Å². The molecular formula is C28H30Si2. The zero-order valence-electron chi connectivity index (χ0n) is 18.9. The van der Waals surface area contributed by atoms with Gasteiger partial charge in [0.2, 0.25) is 0 Å². The molecule has 5 aromatic carbocycles. The molecule has 0 N–H and O–H groups in total. The van der Waals surface area contributed by atoms with Crippen LogP contribution in [0.1, 0.15) is 0 Å². The lowest BCUT2D eigenvalue weighted by atomic mass is 9.90. The third-order valence-corrected chi connectivity index (χ3v) is 10.5. The first-order valence-electron chi connectivity index (χ1n) is 11.0. The Labute approximate surface area is 181 Å². The van der Waals surface area contributed by atoms with Crippen molar-refractivity contribution in [3.63, 3.8) is 0 Å². The van der Waals surface area contributed by atoms with Crippen LogP contribution in [0.4, 0.5) is 0 Å². The molecule has 0 aromatic heterocycles. The maximum absolute atomic E-state index is 2.60. The Hall–Kier alpha value is -2.43. The van der Waals surface area contributed by atoms with E-state index < -0.39 is 16.1 Å². The van der Waals surface area contributed by atoms with Crippen molar-refractivity contribution in [3.05, 3.63) is 72.8 Å². The van der Waals surface area contributed by atoms with Crippen molar-refractivity contribution in [1.29, 1.82) is 0 Å². The largest absolute Gasteiger partial charge is 0.0784 e. The molecule has 5 rings (SSSR count). The number of benzene rings is 5. The van der Waals surface area contributed by atoms with Gasteiger partial charge in [-0.15, -0.1) is 0 Å². The summed E-state index contributed by atoms with van der Waals surface area (Å²) in [6.45, 7) is 14.9. The molecular weight excluding hydrogens is 392 g/mol. The predicted molar refractivity (Wildman–Crippen MR) is 142 cm³/mol. The molecule has 0 fully saturated rings. The first-order chi connectivity index (χ1) is 14.2. The first kappa shape index (κ1) is 19.5. The maximum Gasteiger partial charge on any atom is 0.0784 e. The maximum atomic E-state index is 2.60. The summed E-state index contributed by atoms with van der Waals surface area (Å²) in [6.07, 6.45) is 0. The molecule has 0 aliphatic rings. The quantitative estimate of drug-likeness (QED) is 0.211. The molecule has 150 valence electrons. The molecule has 0 atom stereocenters. The number of hydrogen-bond donors (Lipinski definition) is 0. The standard InChI is InChI=1S/C28H30Si2/c1-29(2,3)25-18-26(30(4,5)6)24-17-16-22-21(19-10-8-7-9-11-19)14-12-20-13-15-23(25)28(24)27(20)22/h7-18H,1-6H3. The molecule has 5 aromatic rings. The van der Waals surface area contributed by atoms with Gasteiger partial charge in [0.1, 0.15) is 0 Å². The Bertz CT molecular complexity index is 1350. The second-order valence-corrected chi connectivity index (χ2v) is 20.8. The summed E-state index contributed by atoms with van der Waals surface area (Å²) in [5, 5.41) is 11.9. The highest BCUT2D eigenvalue weighted by Gasteiger charge is 2.27. The fraction of sp³-hybridized carbons (Fsp3) is 0.214. The summed E-state index contributed by atoms with van der Waals surface area (Å²) >= 11 is 0. The summed E-state index contributed by atoms with van der Waals surface area (Å²) in [7, 11) is -2.98. The smallest absolute Gasteiger partial charge is 0.0656 e. The summed E-state index contributed by atoms with van der Waals surface area (Å²) in [6, 6.07) is 27.6. The second kappa shape index (κ2) is 6.53. The van der Waals surface area contributed by atoms with Crippen LogP contribution in [0.2, 0.25) is 39.3 Å². The SMILES string of the molecule is C[Si](C)(C)c1cc([Si](C)(C)C)c2ccc3c(-c4ccccc4)ccc4ccc1c2c43. The number of rotatable bonds is 3. The second-order valence-electron chi connectivity index (χ2n) is 10.7. The van der Waals surface area contributed by atoms with Gasteiger partial charge >= 0.3 is 0 Å². The van der Waals surface area contributed by atoms with Crippen molar-refractivity contribution in [1.82, 2.24) is 0 Å². The molecule has 0 nitrogen and oxygen atoms in total. The van der Waals surface area contributed by atoms with Crippen molar-refractivity contribution < 1.29 is 0 Å². The van der Waals surface area contributed by atoms with Crippen LogP contribution in [0.25, 0.3) is 43.4 Å². The zero-order valence-corrected chi connectivity index (χ0v) is 20.9. The molecule has 0 aliphatic carbocycles. The van der Waals surface area contributed by atoms with Gasteiger partial charge in [-0.3, -0.25) is 0 Å². The molecule has 2 heteroatoms. The summed E-state index contributed by atoms with van der Waals surface area (Å²) in [5.41, 5.74) is 2.64. The Kier molecular flexibility index (Phi) is 4.25. The Morgan fingerprint density at radius 1 is 0.500 bits per heavy atom. The molecule has 0 radical (unpaired) electrons. The van der Waals surface area contributed by atoms with Crippen LogP contribution in [0, 0.1) is 0 Å². The van der Waals surface area contributed by atoms with Gasteiger partial charge in [-0.2, -0.15) is 0 Å². The van der Waals surface area contributed by atoms with Gasteiger partial charge in [0.15, 0.2) is 0 Å². The van der Waals surface area contributed by atoms with Crippen LogP contribution in [-0.2, 0) is 0 Å². The average Bonchev–Trinajstić information content (AvgIpc) is 2.70. The van der Waals surface area contributed by atoms with Crippen LogP contribution in [0.15, 0.2) is 72.8 Å². The van der Waals surface area contributed by atoms with E-state index in [1.165, 1.54) is 43.4 Å². The molecule has 0 bridgehead atoms. The monoisotopic (exact) mass is 422 g/mol. The Balaban J connectivity index is 2.02. The van der Waals surface area contributed by atoms with Crippen molar-refractivity contribution >= 4 is 58.8 Å². The molecule has 0 spiro atoms. The average molecular weight is 423 g/mol. The minimum Gasteiger partial charge on any atom is -0.0656 e. The molecule has 0 saturated heterocycles. The van der Waals surface area contributed by atoms with E-state index in [4.69, 9.17) is 0 Å². The van der Waals surface area contributed by atoms with E-state index in [1.54, 1.807) is 10.4 Å². The molecule has 0 aliphatic heterocycles. The Morgan fingerprint density at radius 3 is 1.63 bits per heavy atom. The van der Waals surface area contributed by atoms with E-state index in [-0.39, 0.29) is 0 Å². The van der Waals surface area contributed by atoms with Crippen LogP contribution in [-0.4, -0.2) is 16.1 Å². The zero-order chi connectivity index (χ0) is 21.3. The van der Waals surface area contributed by atoms with Crippen molar-refractivity contribution in [2.75, 3.05) is 0 Å². The van der Waals surface area contributed by atoms with E-state index in [2.05, 4.69) is 112 Å². The predicted octanol–water partition coefficient (Wildman–Crippen LogP) is 7.34. The van der Waals surface area contributed by atoms with Crippen LogP contribution in [0.3, 0.4) is 0 Å². The van der Waals surface area contributed by atoms with Gasteiger partial charge in [0.25, 0.3) is 0 Å². The van der Waals surface area contributed by atoms with E-state index in [9.17, 15) is 0 Å². The lowest BCUT2D eigenvalue weighted by Gasteiger charge is -2.28. The highest BCUT2D eigenvalue weighted by Crippen LogP contribution is 2.39. The topological polar surface area (TPSA) is 0 Å². The van der Waals surface area contributed by atoms with E-state index in [0.717, 1.165) is 0 Å². The van der Waals surface area contributed by atoms with Crippen LogP contribution in [0.5, 0.6) is 0 Å². The summed E-state index contributed by atoms with van der Waals surface area (Å²) in [4.78, 5) is 0. The van der Waals surface area contributed by atoms with Crippen LogP contribution < -0.4 is 10.4 Å². The normalized spacial score (nSPS) is 13.0. The lowest BCUT2D eigenvalue weighted by molar-refractivity contribution is 1.66. The molecule has 0 amide bonds. The third kappa shape index (κ3) is 2.93. The van der Waals surface area contributed by atoms with Gasteiger partial charge in [0, 0.05) is 0 Å². The minimum absolute atomic E-state index is 1.30. The van der Waals surface area contributed by atoms with Gasteiger partial charge in [-0.25, -0.2) is 0 Å². The van der Waals surface area contributed by atoms with Crippen molar-refractivity contribution in [3.8, 4) is 11.1 Å². The number of hydrogen-bond acceptors (Lipinski definition) is 0. The third-order valence-electron chi connectivity index (χ3n) is 6.48.